The van der Waals surface area contributed by atoms with Crippen LogP contribution in [0.15, 0.2) is 43.1 Å². The predicted octanol–water partition coefficient (Wildman–Crippen LogP) is 2.76. The fourth-order valence-electron chi connectivity index (χ4n) is 5.76. The van der Waals surface area contributed by atoms with E-state index >= 15 is 0 Å². The summed E-state index contributed by atoms with van der Waals surface area (Å²) in [5.74, 6) is 2.34. The van der Waals surface area contributed by atoms with Crippen molar-refractivity contribution in [3.8, 4) is 12.3 Å². The van der Waals surface area contributed by atoms with Crippen LogP contribution in [-0.2, 0) is 32.0 Å². The van der Waals surface area contributed by atoms with Gasteiger partial charge in [0, 0.05) is 29.7 Å². The lowest BCUT2D eigenvalue weighted by Crippen LogP contribution is -2.43. The van der Waals surface area contributed by atoms with Gasteiger partial charge in [-0.25, -0.2) is 15.0 Å². The van der Waals surface area contributed by atoms with Crippen molar-refractivity contribution in [2.75, 3.05) is 11.9 Å². The molecule has 4 atom stereocenters. The van der Waals surface area contributed by atoms with Crippen LogP contribution in [-0.4, -0.2) is 66.7 Å². The Morgan fingerprint density at radius 1 is 1.18 bits per heavy atom. The quantitative estimate of drug-likeness (QED) is 0.327. The molecule has 2 aliphatic heterocycles. The maximum atomic E-state index is 13.0. The molecule has 1 aliphatic carbocycles. The third kappa shape index (κ3) is 4.38. The Labute approximate surface area is 231 Å². The van der Waals surface area contributed by atoms with Crippen molar-refractivity contribution >= 4 is 33.8 Å². The minimum atomic E-state index is -0.836. The molecule has 11 nitrogen and oxygen atoms in total. The van der Waals surface area contributed by atoms with Crippen molar-refractivity contribution < 1.29 is 19.0 Å². The van der Waals surface area contributed by atoms with Crippen molar-refractivity contribution in [2.45, 2.75) is 76.0 Å². The van der Waals surface area contributed by atoms with Crippen molar-refractivity contribution in [1.29, 1.82) is 0 Å². The Hall–Kier alpha value is -3.98. The molecular formula is C29H31N7O4. The number of benzene rings is 1. The van der Waals surface area contributed by atoms with Gasteiger partial charge < -0.3 is 29.4 Å². The van der Waals surface area contributed by atoms with Crippen molar-refractivity contribution in [3.05, 3.63) is 48.7 Å². The number of hydrogen-bond donors (Lipinski definition) is 2. The van der Waals surface area contributed by atoms with Gasteiger partial charge in [0.25, 0.3) is 5.91 Å². The summed E-state index contributed by atoms with van der Waals surface area (Å²) < 4.78 is 22.5. The van der Waals surface area contributed by atoms with Gasteiger partial charge in [-0.15, -0.1) is 6.42 Å². The van der Waals surface area contributed by atoms with Gasteiger partial charge in [-0.2, -0.15) is 0 Å². The molecule has 11 heteroatoms. The molecule has 5 heterocycles. The lowest BCUT2D eigenvalue weighted by atomic mass is 10.1. The molecule has 3 aliphatic rings. The van der Waals surface area contributed by atoms with E-state index in [1.54, 1.807) is 6.33 Å². The largest absolute Gasteiger partial charge is 0.368 e. The second-order valence-corrected chi connectivity index (χ2v) is 11.0. The number of anilines is 1. The molecule has 0 unspecified atom stereocenters. The summed E-state index contributed by atoms with van der Waals surface area (Å²) in [6.07, 6.45) is 11.2. The van der Waals surface area contributed by atoms with Crippen molar-refractivity contribution in [2.24, 2.45) is 0 Å². The van der Waals surface area contributed by atoms with Crippen LogP contribution in [0.4, 0.5) is 5.82 Å². The number of nitrogens with zero attached hydrogens (tertiary/aromatic N) is 5. The van der Waals surface area contributed by atoms with E-state index in [1.165, 1.54) is 17.3 Å². The molecule has 40 heavy (non-hydrogen) atoms. The first-order chi connectivity index (χ1) is 19.4. The Balaban J connectivity index is 1.12. The Bertz CT molecular complexity index is 1630. The summed E-state index contributed by atoms with van der Waals surface area (Å²) >= 11 is 0. The van der Waals surface area contributed by atoms with Crippen molar-refractivity contribution in [3.63, 3.8) is 0 Å². The van der Waals surface area contributed by atoms with Gasteiger partial charge in [0.15, 0.2) is 35.1 Å². The van der Waals surface area contributed by atoms with Crippen LogP contribution >= 0.6 is 0 Å². The number of carbonyl (C=O) groups excluding carboxylic acids is 1. The van der Waals surface area contributed by atoms with Crippen LogP contribution in [0.2, 0.25) is 0 Å². The second kappa shape index (κ2) is 9.59. The minimum Gasteiger partial charge on any atom is -0.368 e. The number of rotatable bonds is 8. The molecule has 1 aromatic carbocycles. The zero-order valence-corrected chi connectivity index (χ0v) is 22.4. The average Bonchev–Trinajstić information content (AvgIpc) is 3.24. The van der Waals surface area contributed by atoms with Gasteiger partial charge in [-0.3, -0.25) is 9.36 Å². The van der Waals surface area contributed by atoms with Gasteiger partial charge >= 0.3 is 0 Å². The number of amides is 1. The number of nitrogens with one attached hydrogen (secondary N) is 2. The molecule has 3 fully saturated rings. The van der Waals surface area contributed by atoms with E-state index in [1.807, 2.05) is 30.5 Å². The summed E-state index contributed by atoms with van der Waals surface area (Å²) in [5.41, 5.74) is 3.53. The Morgan fingerprint density at radius 3 is 2.83 bits per heavy atom. The maximum absolute atomic E-state index is 13.0. The molecule has 2 N–H and O–H groups in total. The highest BCUT2D eigenvalue weighted by atomic mass is 16.8. The van der Waals surface area contributed by atoms with Crippen molar-refractivity contribution in [1.82, 2.24) is 29.4 Å². The van der Waals surface area contributed by atoms with Gasteiger partial charge in [-0.1, -0.05) is 24.1 Å². The number of terminal acetylenes is 1. The van der Waals surface area contributed by atoms with Gasteiger partial charge in [0.1, 0.15) is 18.5 Å². The van der Waals surface area contributed by atoms with E-state index in [0.29, 0.717) is 30.1 Å². The average molecular weight is 542 g/mol. The minimum absolute atomic E-state index is 0.175. The van der Waals surface area contributed by atoms with Crippen LogP contribution in [0.1, 0.15) is 38.5 Å². The van der Waals surface area contributed by atoms with Crippen LogP contribution in [0.25, 0.3) is 22.1 Å². The van der Waals surface area contributed by atoms with E-state index < -0.39 is 30.3 Å². The fourth-order valence-corrected chi connectivity index (χ4v) is 5.76. The monoisotopic (exact) mass is 541 g/mol. The first kappa shape index (κ1) is 25.0. The zero-order chi connectivity index (χ0) is 27.4. The molecule has 0 radical (unpaired) electrons. The highest BCUT2D eigenvalue weighted by molar-refractivity contribution is 5.85. The number of fused-ring (bicyclic) bond motifs is 3. The first-order valence-electron chi connectivity index (χ1n) is 13.6. The number of para-hydroxylation sites is 1. The molecule has 206 valence electrons. The molecule has 0 bridgehead atoms. The highest BCUT2D eigenvalue weighted by Gasteiger charge is 2.58. The van der Waals surface area contributed by atoms with E-state index in [-0.39, 0.29) is 11.9 Å². The fraction of sp³-hybridized carbons (Fsp3) is 0.448. The topological polar surface area (TPSA) is 117 Å². The van der Waals surface area contributed by atoms with Gasteiger partial charge in [0.2, 0.25) is 0 Å². The zero-order valence-electron chi connectivity index (χ0n) is 22.4. The normalized spacial score (nSPS) is 25.2. The van der Waals surface area contributed by atoms with Crippen LogP contribution in [0.3, 0.4) is 0 Å². The molecule has 7 rings (SSSR count). The van der Waals surface area contributed by atoms with E-state index in [0.717, 1.165) is 24.8 Å². The van der Waals surface area contributed by atoms with Gasteiger partial charge in [-0.05, 0) is 44.7 Å². The Kier molecular flexibility index (Phi) is 6.00. The summed E-state index contributed by atoms with van der Waals surface area (Å²) in [4.78, 5) is 26.6. The van der Waals surface area contributed by atoms with Gasteiger partial charge in [0.05, 0.1) is 12.9 Å². The lowest BCUT2D eigenvalue weighted by molar-refractivity contribution is -0.197. The number of carbonyl (C=O) groups is 1. The number of hydrogen-bond acceptors (Lipinski definition) is 8. The SMILES string of the molecule is C#CCn1cc(CCNc2ncnc3c2ncn3[C@@H]2O[C@H](C(=O)NC3CC3)[C@H]3OC(C)(C)O[C@H]32)c2ccccc21. The summed E-state index contributed by atoms with van der Waals surface area (Å²) in [6, 6.07) is 8.47. The molecule has 3 aromatic heterocycles. The second-order valence-electron chi connectivity index (χ2n) is 11.0. The first-order valence-corrected chi connectivity index (χ1v) is 13.6. The number of ether oxygens (including phenoxy) is 3. The highest BCUT2D eigenvalue weighted by Crippen LogP contribution is 2.44. The third-order valence-corrected chi connectivity index (χ3v) is 7.66. The Morgan fingerprint density at radius 2 is 2.00 bits per heavy atom. The molecule has 1 amide bonds. The molecule has 1 saturated carbocycles. The molecular weight excluding hydrogens is 510 g/mol. The van der Waals surface area contributed by atoms with Crippen LogP contribution in [0, 0.1) is 12.3 Å². The number of imidazole rings is 1. The predicted molar refractivity (Wildman–Crippen MR) is 147 cm³/mol. The smallest absolute Gasteiger partial charge is 0.252 e. The lowest BCUT2D eigenvalue weighted by Gasteiger charge is -2.24. The molecule has 2 saturated heterocycles. The summed E-state index contributed by atoms with van der Waals surface area (Å²) in [5, 5.41) is 7.64. The number of aromatic nitrogens is 5. The van der Waals surface area contributed by atoms with E-state index in [4.69, 9.17) is 20.6 Å². The van der Waals surface area contributed by atoms with E-state index in [9.17, 15) is 4.79 Å². The summed E-state index contributed by atoms with van der Waals surface area (Å²) in [7, 11) is 0. The third-order valence-electron chi connectivity index (χ3n) is 7.66. The molecule has 4 aromatic rings. The summed E-state index contributed by atoms with van der Waals surface area (Å²) in [6.45, 7) is 4.86. The standard InChI is InChI=1S/C29H31N7O4/c1-4-13-35-14-17(19-7-5-6-8-20(19)35)11-12-30-25-21-26(32-15-31-25)36(16-33-21)28-24-22(39-29(2,3)40-24)23(38-28)27(37)34-18-9-10-18/h1,5-8,14-16,18,22-24,28H,9-13H2,2-3H3,(H,34,37)(H,30,31,32)/t22-,23+,24-,28-/m1/s1. The van der Waals surface area contributed by atoms with Crippen LogP contribution in [0.5, 0.6) is 0 Å². The maximum Gasteiger partial charge on any atom is 0.252 e. The van der Waals surface area contributed by atoms with E-state index in [2.05, 4.69) is 54.4 Å². The molecule has 0 spiro atoms. The van der Waals surface area contributed by atoms with Crippen LogP contribution < -0.4 is 10.6 Å².